The van der Waals surface area contributed by atoms with Gasteiger partial charge in [0.05, 0.1) is 0 Å². The Morgan fingerprint density at radius 3 is 2.17 bits per heavy atom. The van der Waals surface area contributed by atoms with Crippen molar-refractivity contribution in [2.45, 2.75) is 0 Å². The molecule has 1 aromatic heterocycles. The Morgan fingerprint density at radius 1 is 0.957 bits per heavy atom. The highest BCUT2D eigenvalue weighted by Gasteiger charge is 2.22. The molecule has 0 aliphatic heterocycles. The van der Waals surface area contributed by atoms with E-state index in [1.165, 1.54) is 0 Å². The highest BCUT2D eigenvalue weighted by molar-refractivity contribution is 6.08. The number of anilines is 1. The van der Waals surface area contributed by atoms with Crippen LogP contribution >= 0.6 is 0 Å². The van der Waals surface area contributed by atoms with E-state index in [9.17, 15) is 14.7 Å². The number of hydrogen-bond donors (Lipinski definition) is 3. The molecule has 0 unspecified atom stereocenters. The summed E-state index contributed by atoms with van der Waals surface area (Å²) in [7, 11) is 0. The second kappa shape index (κ2) is 6.15. The Labute approximate surface area is 131 Å². The zero-order valence-corrected chi connectivity index (χ0v) is 12.0. The van der Waals surface area contributed by atoms with Gasteiger partial charge in [0.25, 0.3) is 5.91 Å². The maximum Gasteiger partial charge on any atom is 0.341 e. The third-order valence-corrected chi connectivity index (χ3v) is 3.30. The summed E-state index contributed by atoms with van der Waals surface area (Å²) in [5.41, 5.74) is 1.29. The van der Waals surface area contributed by atoms with Crippen LogP contribution in [0.3, 0.4) is 0 Å². The summed E-state index contributed by atoms with van der Waals surface area (Å²) in [5, 5.41) is 18.7. The quantitative estimate of drug-likeness (QED) is 0.690. The maximum absolute atomic E-state index is 12.2. The average Bonchev–Trinajstić information content (AvgIpc) is 3.00. The van der Waals surface area contributed by atoms with Crippen molar-refractivity contribution >= 4 is 17.7 Å². The average molecular weight is 307 g/mol. The van der Waals surface area contributed by atoms with Crippen molar-refractivity contribution in [1.29, 1.82) is 0 Å². The molecule has 0 saturated carbocycles. The fraction of sp³-hybridized carbons (Fsp3) is 0. The summed E-state index contributed by atoms with van der Waals surface area (Å²) in [6.45, 7) is 0. The molecule has 0 bridgehead atoms. The number of aromatic nitrogens is 2. The molecule has 23 heavy (non-hydrogen) atoms. The predicted molar refractivity (Wildman–Crippen MR) is 85.4 cm³/mol. The van der Waals surface area contributed by atoms with Crippen LogP contribution in [0.25, 0.3) is 11.3 Å². The molecular formula is C17H13N3O3. The lowest BCUT2D eigenvalue weighted by atomic mass is 10.1. The Morgan fingerprint density at radius 2 is 1.57 bits per heavy atom. The SMILES string of the molecule is O=C(Nc1[nH]nc(-c2ccccc2)c1C(=O)O)c1ccccc1. The first-order valence-corrected chi connectivity index (χ1v) is 6.90. The number of hydrogen-bond acceptors (Lipinski definition) is 3. The summed E-state index contributed by atoms with van der Waals surface area (Å²) < 4.78 is 0. The molecule has 1 heterocycles. The standard InChI is InChI=1S/C17H13N3O3/c21-16(12-9-5-2-6-10-12)18-15-13(17(22)23)14(19-20-15)11-7-3-1-4-8-11/h1-10H,(H,22,23)(H2,18,19,20,21). The van der Waals surface area contributed by atoms with Crippen LogP contribution in [0.1, 0.15) is 20.7 Å². The first kappa shape index (κ1) is 14.5. The summed E-state index contributed by atoms with van der Waals surface area (Å²) in [4.78, 5) is 23.8. The number of carboxylic acids is 1. The van der Waals surface area contributed by atoms with Crippen molar-refractivity contribution < 1.29 is 14.7 Å². The lowest BCUT2D eigenvalue weighted by Gasteiger charge is -2.04. The molecule has 0 saturated heterocycles. The van der Waals surface area contributed by atoms with Crippen LogP contribution in [0.15, 0.2) is 60.7 Å². The number of H-pyrrole nitrogens is 1. The summed E-state index contributed by atoms with van der Waals surface area (Å²) in [6, 6.07) is 17.5. The zero-order valence-electron chi connectivity index (χ0n) is 12.0. The van der Waals surface area contributed by atoms with Crippen LogP contribution in [0, 0.1) is 0 Å². The Kier molecular flexibility index (Phi) is 3.88. The summed E-state index contributed by atoms with van der Waals surface area (Å²) in [5.74, 6) is -1.51. The minimum atomic E-state index is -1.17. The van der Waals surface area contributed by atoms with Gasteiger partial charge in [-0.3, -0.25) is 9.89 Å². The molecule has 114 valence electrons. The second-order valence-electron chi connectivity index (χ2n) is 4.81. The number of aromatic carboxylic acids is 1. The van der Waals surface area contributed by atoms with Crippen molar-refractivity contribution in [3.8, 4) is 11.3 Å². The van der Waals surface area contributed by atoms with E-state index in [-0.39, 0.29) is 17.1 Å². The fourth-order valence-corrected chi connectivity index (χ4v) is 2.22. The summed E-state index contributed by atoms with van der Waals surface area (Å²) in [6.07, 6.45) is 0. The molecule has 1 amide bonds. The smallest absolute Gasteiger partial charge is 0.341 e. The van der Waals surface area contributed by atoms with Crippen molar-refractivity contribution in [2.24, 2.45) is 0 Å². The molecule has 0 spiro atoms. The number of carboxylic acid groups (broad SMARTS) is 1. The molecule has 6 heteroatoms. The van der Waals surface area contributed by atoms with Crippen LogP contribution in [0.4, 0.5) is 5.82 Å². The third-order valence-electron chi connectivity index (χ3n) is 3.30. The minimum Gasteiger partial charge on any atom is -0.477 e. The van der Waals surface area contributed by atoms with E-state index in [0.717, 1.165) is 0 Å². The predicted octanol–water partition coefficient (Wildman–Crippen LogP) is 3.03. The summed E-state index contributed by atoms with van der Waals surface area (Å²) >= 11 is 0. The van der Waals surface area contributed by atoms with Crippen molar-refractivity contribution in [1.82, 2.24) is 10.2 Å². The maximum atomic E-state index is 12.2. The second-order valence-corrected chi connectivity index (χ2v) is 4.81. The number of nitrogens with zero attached hydrogens (tertiary/aromatic N) is 1. The molecule has 3 rings (SSSR count). The van der Waals surface area contributed by atoms with Crippen LogP contribution in [0.5, 0.6) is 0 Å². The first-order chi connectivity index (χ1) is 11.2. The van der Waals surface area contributed by atoms with Crippen LogP contribution in [-0.2, 0) is 0 Å². The number of amides is 1. The molecule has 0 fully saturated rings. The van der Waals surface area contributed by atoms with E-state index in [0.29, 0.717) is 11.1 Å². The van der Waals surface area contributed by atoms with Gasteiger partial charge in [0, 0.05) is 11.1 Å². The molecule has 0 radical (unpaired) electrons. The highest BCUT2D eigenvalue weighted by atomic mass is 16.4. The van der Waals surface area contributed by atoms with Crippen LogP contribution in [-0.4, -0.2) is 27.2 Å². The first-order valence-electron chi connectivity index (χ1n) is 6.90. The molecule has 0 aliphatic rings. The topological polar surface area (TPSA) is 95.1 Å². The molecular weight excluding hydrogens is 294 g/mol. The number of benzene rings is 2. The van der Waals surface area contributed by atoms with Gasteiger partial charge >= 0.3 is 5.97 Å². The number of aromatic amines is 1. The third kappa shape index (κ3) is 2.96. The number of nitrogens with one attached hydrogen (secondary N) is 2. The van der Waals surface area contributed by atoms with Gasteiger partial charge in [-0.05, 0) is 12.1 Å². The highest BCUT2D eigenvalue weighted by Crippen LogP contribution is 2.26. The normalized spacial score (nSPS) is 10.3. The molecule has 3 N–H and O–H groups in total. The van der Waals surface area contributed by atoms with Gasteiger partial charge in [-0.15, -0.1) is 0 Å². The van der Waals surface area contributed by atoms with E-state index >= 15 is 0 Å². The largest absolute Gasteiger partial charge is 0.477 e. The molecule has 3 aromatic rings. The Bertz CT molecular complexity index is 842. The van der Waals surface area contributed by atoms with E-state index in [1.807, 2.05) is 6.07 Å². The van der Waals surface area contributed by atoms with Crippen LogP contribution in [0.2, 0.25) is 0 Å². The Hall–Kier alpha value is -3.41. The Balaban J connectivity index is 1.96. The van der Waals surface area contributed by atoms with Gasteiger partial charge in [0.1, 0.15) is 17.1 Å². The van der Waals surface area contributed by atoms with Crippen molar-refractivity contribution in [3.05, 3.63) is 71.8 Å². The van der Waals surface area contributed by atoms with Crippen LogP contribution < -0.4 is 5.32 Å². The van der Waals surface area contributed by atoms with E-state index < -0.39 is 11.9 Å². The number of carbonyl (C=O) groups excluding carboxylic acids is 1. The van der Waals surface area contributed by atoms with Gasteiger partial charge in [-0.25, -0.2) is 4.79 Å². The van der Waals surface area contributed by atoms with Gasteiger partial charge in [-0.1, -0.05) is 48.5 Å². The van der Waals surface area contributed by atoms with E-state index in [1.54, 1.807) is 54.6 Å². The van der Waals surface area contributed by atoms with Gasteiger partial charge < -0.3 is 10.4 Å². The number of rotatable bonds is 4. The molecule has 0 aliphatic carbocycles. The monoisotopic (exact) mass is 307 g/mol. The van der Waals surface area contributed by atoms with Gasteiger partial charge in [0.15, 0.2) is 0 Å². The van der Waals surface area contributed by atoms with E-state index in [4.69, 9.17) is 0 Å². The van der Waals surface area contributed by atoms with Gasteiger partial charge in [0.2, 0.25) is 0 Å². The lowest BCUT2D eigenvalue weighted by Crippen LogP contribution is -2.14. The minimum absolute atomic E-state index is 0.0604. The van der Waals surface area contributed by atoms with Crippen molar-refractivity contribution in [3.63, 3.8) is 0 Å². The number of carbonyl (C=O) groups is 2. The lowest BCUT2D eigenvalue weighted by molar-refractivity contribution is 0.0699. The van der Waals surface area contributed by atoms with Crippen molar-refractivity contribution in [2.75, 3.05) is 5.32 Å². The molecule has 2 aromatic carbocycles. The zero-order chi connectivity index (χ0) is 16.2. The molecule has 6 nitrogen and oxygen atoms in total. The van der Waals surface area contributed by atoms with E-state index in [2.05, 4.69) is 15.5 Å². The van der Waals surface area contributed by atoms with Gasteiger partial charge in [-0.2, -0.15) is 5.10 Å². The fourth-order valence-electron chi connectivity index (χ4n) is 2.22. The molecule has 0 atom stereocenters.